The van der Waals surface area contributed by atoms with Crippen LogP contribution in [0.15, 0.2) is 93.4 Å². The van der Waals surface area contributed by atoms with E-state index in [1.807, 2.05) is 32.1 Å². The lowest BCUT2D eigenvalue weighted by Crippen LogP contribution is -2.33. The van der Waals surface area contributed by atoms with E-state index < -0.39 is 70.8 Å². The van der Waals surface area contributed by atoms with Crippen LogP contribution in [0, 0.1) is 0 Å². The lowest BCUT2D eigenvalue weighted by molar-refractivity contribution is -0.432. The van der Waals surface area contributed by atoms with E-state index in [4.69, 9.17) is 5.26 Å². The van der Waals surface area contributed by atoms with Crippen molar-refractivity contribution in [2.75, 3.05) is 29.5 Å². The van der Waals surface area contributed by atoms with E-state index in [-0.39, 0.29) is 11.4 Å². The van der Waals surface area contributed by atoms with Crippen LogP contribution < -0.4 is 4.90 Å². The zero-order valence-corrected chi connectivity index (χ0v) is 32.7. The van der Waals surface area contributed by atoms with Gasteiger partial charge in [-0.1, -0.05) is 35.4 Å². The molecule has 55 heavy (non-hydrogen) atoms. The molecule has 1 fully saturated rings. The Kier molecular flexibility index (Phi) is 11.1. The second-order valence-corrected chi connectivity index (χ2v) is 19.2. The maximum atomic E-state index is 12.8. The summed E-state index contributed by atoms with van der Waals surface area (Å²) in [4.78, 5) is 27.5. The Bertz CT molecular complexity index is 2490. The van der Waals surface area contributed by atoms with Crippen molar-refractivity contribution in [1.29, 1.82) is 0 Å². The Morgan fingerprint density at radius 1 is 0.873 bits per heavy atom. The summed E-state index contributed by atoms with van der Waals surface area (Å²) in [6, 6.07) is 9.27. The van der Waals surface area contributed by atoms with Gasteiger partial charge in [-0.2, -0.15) is 29.8 Å². The van der Waals surface area contributed by atoms with Gasteiger partial charge in [-0.3, -0.25) is 23.2 Å². The van der Waals surface area contributed by atoms with Crippen molar-refractivity contribution in [2.24, 2.45) is 0 Å². The van der Waals surface area contributed by atoms with E-state index in [9.17, 15) is 48.5 Å². The number of anilines is 1. The first kappa shape index (κ1) is 40.8. The van der Waals surface area contributed by atoms with Crippen molar-refractivity contribution in [2.45, 2.75) is 60.2 Å². The van der Waals surface area contributed by atoms with E-state index in [0.29, 0.717) is 53.2 Å². The number of carbonyl (C=O) groups is 2. The van der Waals surface area contributed by atoms with Gasteiger partial charge in [0.25, 0.3) is 30.4 Å². The second kappa shape index (κ2) is 14.9. The van der Waals surface area contributed by atoms with Gasteiger partial charge in [-0.15, -0.1) is 4.33 Å². The number of benzene rings is 2. The monoisotopic (exact) mass is 837 g/mol. The summed E-state index contributed by atoms with van der Waals surface area (Å²) in [5.74, 6) is -3.63. The van der Waals surface area contributed by atoms with Gasteiger partial charge < -0.3 is 4.90 Å². The zero-order chi connectivity index (χ0) is 40.1. The van der Waals surface area contributed by atoms with Crippen molar-refractivity contribution in [1.82, 2.24) is 0 Å². The number of Topliss-reactive ketones (excluding diaryl/α,β-unsaturated/α-hetero) is 2. The Balaban J connectivity index is 1.32. The quantitative estimate of drug-likeness (QED) is 0.0488. The molecular formula is C35H37N2O14S4+. The molecule has 4 N–H and O–H groups in total. The van der Waals surface area contributed by atoms with Crippen LogP contribution in [0.2, 0.25) is 0 Å². The maximum absolute atomic E-state index is 12.8. The number of hydrogen-bond acceptors (Lipinski definition) is 13. The van der Waals surface area contributed by atoms with Crippen LogP contribution in [0.4, 0.5) is 11.4 Å². The molecule has 2 aromatic carbocycles. The third-order valence-corrected chi connectivity index (χ3v) is 13.1. The van der Waals surface area contributed by atoms with Crippen LogP contribution >= 0.6 is 12.0 Å². The van der Waals surface area contributed by atoms with Crippen molar-refractivity contribution < 1.29 is 67.7 Å². The number of allylic oxidation sites excluding steroid dienone is 8. The predicted molar refractivity (Wildman–Crippen MR) is 200 cm³/mol. The molecule has 0 aromatic heterocycles. The molecule has 16 nitrogen and oxygen atoms in total. The van der Waals surface area contributed by atoms with Crippen LogP contribution in [0.3, 0.4) is 0 Å². The molecule has 6 rings (SSSR count). The summed E-state index contributed by atoms with van der Waals surface area (Å²) in [6.07, 6.45) is 11.4. The summed E-state index contributed by atoms with van der Waals surface area (Å²) in [6.45, 7) is 3.16. The molecule has 2 heterocycles. The van der Waals surface area contributed by atoms with E-state index in [1.54, 1.807) is 39.8 Å². The molecule has 1 saturated carbocycles. The van der Waals surface area contributed by atoms with Crippen LogP contribution in [0.1, 0.15) is 50.7 Å². The fraction of sp³-hybridized carbons (Fsp3) is 0.343. The molecule has 2 unspecified atom stereocenters. The van der Waals surface area contributed by atoms with Crippen molar-refractivity contribution in [3.63, 3.8) is 0 Å². The molecular weight excluding hydrogens is 801 g/mol. The Morgan fingerprint density at radius 2 is 1.56 bits per heavy atom. The minimum absolute atomic E-state index is 0.311. The first-order valence-corrected chi connectivity index (χ1v) is 22.1. The highest BCUT2D eigenvalue weighted by Crippen LogP contribution is 2.56. The van der Waals surface area contributed by atoms with Gasteiger partial charge in [-0.05, 0) is 81.0 Å². The highest BCUT2D eigenvalue weighted by atomic mass is 32.2. The number of rotatable bonds is 15. The molecule has 0 spiro atoms. The van der Waals surface area contributed by atoms with Gasteiger partial charge in [0.1, 0.15) is 11.5 Å². The summed E-state index contributed by atoms with van der Waals surface area (Å²) in [7, 11) is -13.7. The Morgan fingerprint density at radius 3 is 2.24 bits per heavy atom. The van der Waals surface area contributed by atoms with Crippen molar-refractivity contribution in [3.05, 3.63) is 94.7 Å². The van der Waals surface area contributed by atoms with Crippen molar-refractivity contribution in [3.8, 4) is 0 Å². The number of ketones is 2. The van der Waals surface area contributed by atoms with Crippen LogP contribution in [-0.2, 0) is 60.1 Å². The average Bonchev–Trinajstić information content (AvgIpc) is 3.73. The number of carbonyl (C=O) groups excluding carboxylic acids is 2. The molecule has 0 radical (unpaired) electrons. The molecule has 2 aromatic rings. The van der Waals surface area contributed by atoms with Gasteiger partial charge in [0.15, 0.2) is 11.5 Å². The largest absolute Gasteiger partial charge is 0.336 e. The SMILES string of the molecule is CC12CCC(C=CC=CC=C3CCC4(C)C3=[N+](CC(=O)CS(=O)(=O)O)c3ccc(SOOO)cc34)=C1N(CC(=O)CS(=O)(=O)O)c1ccc(S(=O)(=O)O)cc12. The third-order valence-electron chi connectivity index (χ3n) is 10.3. The number of nitrogens with zero attached hydrogens (tertiary/aromatic N) is 2. The maximum Gasteiger partial charge on any atom is 0.294 e. The van der Waals surface area contributed by atoms with Crippen LogP contribution in [-0.4, -0.2) is 90.6 Å². The van der Waals surface area contributed by atoms with Crippen LogP contribution in [0.5, 0.6) is 0 Å². The van der Waals surface area contributed by atoms with E-state index in [2.05, 4.69) is 9.37 Å². The number of fused-ring (bicyclic) bond motifs is 6. The summed E-state index contributed by atoms with van der Waals surface area (Å²) in [5.41, 5.74) is 4.29. The Hall–Kier alpha value is -3.83. The minimum atomic E-state index is -4.60. The molecule has 20 heteroatoms. The topological polar surface area (TPSA) is 242 Å². The first-order valence-electron chi connectivity index (χ1n) is 16.7. The summed E-state index contributed by atoms with van der Waals surface area (Å²) >= 11 is 0.777. The molecule has 294 valence electrons. The number of hydrogen-bond donors (Lipinski definition) is 4. The minimum Gasteiger partial charge on any atom is -0.336 e. The molecule has 0 amide bonds. The highest BCUT2D eigenvalue weighted by molar-refractivity contribution is 7.94. The Labute approximate surface area is 321 Å². The van der Waals surface area contributed by atoms with Gasteiger partial charge in [0.05, 0.1) is 28.9 Å². The molecule has 2 atom stereocenters. The molecule has 2 aliphatic carbocycles. The lowest BCUT2D eigenvalue weighted by Gasteiger charge is -2.26. The third kappa shape index (κ3) is 8.34. The molecule has 4 aliphatic rings. The molecule has 0 bridgehead atoms. The van der Waals surface area contributed by atoms with Crippen molar-refractivity contribution >= 4 is 71.1 Å². The zero-order valence-electron chi connectivity index (χ0n) is 29.4. The standard InChI is InChI=1S/C35H36N2O14S4/c1-34-14-12-22(32(34)36(18-24(38)20-53(41,42)43)30-10-8-26(16-28(30)34)52-51-50-40)6-4-3-5-7-23-13-15-35(2)29-17-27(55(47,48)49)9-11-31(29)37(33(23)35)19-25(39)21-54(44,45)46/h3-11,16-17H,12-15,18-21H2,1-2H3,(H3-,40,41,42,43,44,45,46,47,48,49)/p+1. The molecule has 2 aliphatic heterocycles. The van der Waals surface area contributed by atoms with Crippen LogP contribution in [0.25, 0.3) is 0 Å². The second-order valence-electron chi connectivity index (χ2n) is 14.1. The highest BCUT2D eigenvalue weighted by Gasteiger charge is 2.54. The summed E-state index contributed by atoms with van der Waals surface area (Å²) < 4.78 is 105. The summed E-state index contributed by atoms with van der Waals surface area (Å²) in [5, 5.41) is 12.3. The lowest BCUT2D eigenvalue weighted by atomic mass is 9.81. The van der Waals surface area contributed by atoms with E-state index >= 15 is 0 Å². The normalized spacial score (nSPS) is 23.0. The smallest absolute Gasteiger partial charge is 0.294 e. The van der Waals surface area contributed by atoms with E-state index in [0.717, 1.165) is 34.5 Å². The van der Waals surface area contributed by atoms with Gasteiger partial charge >= 0.3 is 0 Å². The van der Waals surface area contributed by atoms with E-state index in [1.165, 1.54) is 18.2 Å². The first-order chi connectivity index (χ1) is 25.6. The average molecular weight is 838 g/mol. The fourth-order valence-corrected chi connectivity index (χ4v) is 10.1. The fourth-order valence-electron chi connectivity index (χ4n) is 8.22. The predicted octanol–water partition coefficient (Wildman–Crippen LogP) is 4.29. The van der Waals surface area contributed by atoms with Gasteiger partial charge in [0.2, 0.25) is 18.0 Å². The van der Waals surface area contributed by atoms with Gasteiger partial charge in [0, 0.05) is 38.9 Å². The van der Waals surface area contributed by atoms with Gasteiger partial charge in [-0.25, -0.2) is 5.26 Å². The molecule has 0 saturated heterocycles.